The number of anilines is 1. The van der Waals surface area contributed by atoms with Crippen molar-refractivity contribution in [3.63, 3.8) is 0 Å². The van der Waals surface area contributed by atoms with E-state index in [1.54, 1.807) is 12.1 Å². The number of rotatable bonds is 5. The molecule has 0 spiro atoms. The van der Waals surface area contributed by atoms with Gasteiger partial charge in [0.1, 0.15) is 6.54 Å². The van der Waals surface area contributed by atoms with Gasteiger partial charge in [-0.3, -0.25) is 19.2 Å². The first-order valence-corrected chi connectivity index (χ1v) is 9.65. The van der Waals surface area contributed by atoms with E-state index >= 15 is 0 Å². The van der Waals surface area contributed by atoms with Gasteiger partial charge in [0.25, 0.3) is 5.91 Å². The second kappa shape index (κ2) is 7.42. The number of benzene rings is 2. The molecule has 29 heavy (non-hydrogen) atoms. The molecule has 0 aromatic heterocycles. The number of carbonyl (C=O) groups excluding carboxylic acids is 3. The summed E-state index contributed by atoms with van der Waals surface area (Å²) in [5.41, 5.74) is 8.87. The highest BCUT2D eigenvalue weighted by atomic mass is 16.7. The summed E-state index contributed by atoms with van der Waals surface area (Å²) in [5, 5.41) is 1.37. The third-order valence-electron chi connectivity index (χ3n) is 5.53. The molecule has 2 aliphatic rings. The maximum atomic E-state index is 13.3. The zero-order valence-corrected chi connectivity index (χ0v) is 16.4. The van der Waals surface area contributed by atoms with Gasteiger partial charge in [-0.25, -0.2) is 4.90 Å². The summed E-state index contributed by atoms with van der Waals surface area (Å²) in [6.45, 7) is 3.81. The molecule has 2 heterocycles. The van der Waals surface area contributed by atoms with Gasteiger partial charge in [0.05, 0.1) is 17.6 Å². The number of hydroxylamine groups is 2. The summed E-state index contributed by atoms with van der Waals surface area (Å²) in [5.74, 6) is -2.08. The smallest absolute Gasteiger partial charge is 0.265 e. The lowest BCUT2D eigenvalue weighted by Crippen LogP contribution is -2.40. The number of imide groups is 1. The zero-order chi connectivity index (χ0) is 20.7. The van der Waals surface area contributed by atoms with Gasteiger partial charge < -0.3 is 5.73 Å². The molecule has 0 radical (unpaired) electrons. The van der Waals surface area contributed by atoms with Gasteiger partial charge in [-0.15, -0.1) is 0 Å². The van der Waals surface area contributed by atoms with E-state index in [4.69, 9.17) is 10.6 Å². The van der Waals surface area contributed by atoms with Gasteiger partial charge in [-0.05, 0) is 36.6 Å². The van der Waals surface area contributed by atoms with Gasteiger partial charge >= 0.3 is 0 Å². The minimum atomic E-state index is -0.973. The molecule has 0 bridgehead atoms. The average Bonchev–Trinajstić information content (AvgIpc) is 3.18. The van der Waals surface area contributed by atoms with Gasteiger partial charge in [-0.1, -0.05) is 48.9 Å². The van der Waals surface area contributed by atoms with Gasteiger partial charge in [0, 0.05) is 0 Å². The Kier molecular flexibility index (Phi) is 4.94. The third kappa shape index (κ3) is 3.32. The standard InChI is InChI=1S/C22H23N3O4/c1-3-14-6-10-16(11-7-14)25-21(27)18-19(15-8-4-13(2)5-9-15)24(12-17(23)26)29-20(18)22(25)28/h4-11,18-20H,3,12H2,1-2H3,(H2,23,26). The maximum absolute atomic E-state index is 13.3. The lowest BCUT2D eigenvalue weighted by atomic mass is 9.90. The first-order valence-electron chi connectivity index (χ1n) is 9.65. The van der Waals surface area contributed by atoms with Crippen molar-refractivity contribution < 1.29 is 19.2 Å². The van der Waals surface area contributed by atoms with Crippen LogP contribution in [0.2, 0.25) is 0 Å². The molecule has 3 amide bonds. The normalized spacial score (nSPS) is 24.2. The third-order valence-corrected chi connectivity index (χ3v) is 5.53. The summed E-state index contributed by atoms with van der Waals surface area (Å²) in [6, 6.07) is 14.4. The number of hydrogen-bond acceptors (Lipinski definition) is 5. The van der Waals surface area contributed by atoms with Crippen molar-refractivity contribution in [3.8, 4) is 0 Å². The summed E-state index contributed by atoms with van der Waals surface area (Å²) in [4.78, 5) is 44.9. The number of fused-ring (bicyclic) bond motifs is 1. The molecular weight excluding hydrogens is 370 g/mol. The topological polar surface area (TPSA) is 92.9 Å². The molecular formula is C22H23N3O4. The van der Waals surface area contributed by atoms with Crippen LogP contribution in [0.5, 0.6) is 0 Å². The van der Waals surface area contributed by atoms with E-state index in [0.717, 1.165) is 23.1 Å². The van der Waals surface area contributed by atoms with E-state index < -0.39 is 29.9 Å². The molecule has 0 saturated carbocycles. The summed E-state index contributed by atoms with van der Waals surface area (Å²) < 4.78 is 0. The van der Waals surface area contributed by atoms with Crippen molar-refractivity contribution >= 4 is 23.4 Å². The molecule has 7 nitrogen and oxygen atoms in total. The highest BCUT2D eigenvalue weighted by molar-refractivity contribution is 6.23. The quantitative estimate of drug-likeness (QED) is 0.783. The Morgan fingerprint density at radius 1 is 1.03 bits per heavy atom. The van der Waals surface area contributed by atoms with E-state index in [-0.39, 0.29) is 12.5 Å². The van der Waals surface area contributed by atoms with Crippen LogP contribution in [0.15, 0.2) is 48.5 Å². The number of nitrogens with zero attached hydrogens (tertiary/aromatic N) is 2. The number of nitrogens with two attached hydrogens (primary N) is 1. The van der Waals surface area contributed by atoms with Crippen molar-refractivity contribution in [2.24, 2.45) is 11.7 Å². The van der Waals surface area contributed by atoms with Crippen molar-refractivity contribution in [2.75, 3.05) is 11.4 Å². The van der Waals surface area contributed by atoms with Gasteiger partial charge in [0.2, 0.25) is 11.8 Å². The Hall–Kier alpha value is -3.03. The average molecular weight is 393 g/mol. The Balaban J connectivity index is 1.70. The summed E-state index contributed by atoms with van der Waals surface area (Å²) in [7, 11) is 0. The van der Waals surface area contributed by atoms with Crippen LogP contribution in [0.4, 0.5) is 5.69 Å². The predicted molar refractivity (Wildman–Crippen MR) is 106 cm³/mol. The fourth-order valence-electron chi connectivity index (χ4n) is 4.03. The highest BCUT2D eigenvalue weighted by Gasteiger charge is 2.60. The van der Waals surface area contributed by atoms with E-state index in [1.807, 2.05) is 50.2 Å². The second-order valence-corrected chi connectivity index (χ2v) is 7.48. The number of hydrogen-bond donors (Lipinski definition) is 1. The molecule has 3 atom stereocenters. The minimum Gasteiger partial charge on any atom is -0.368 e. The van der Waals surface area contributed by atoms with Gasteiger partial charge in [0.15, 0.2) is 6.10 Å². The Bertz CT molecular complexity index is 955. The van der Waals surface area contributed by atoms with Crippen molar-refractivity contribution in [3.05, 3.63) is 65.2 Å². The van der Waals surface area contributed by atoms with Crippen LogP contribution < -0.4 is 10.6 Å². The predicted octanol–water partition coefficient (Wildman–Crippen LogP) is 1.89. The minimum absolute atomic E-state index is 0.197. The number of amides is 3. The van der Waals surface area contributed by atoms with Gasteiger partial charge in [-0.2, -0.15) is 5.06 Å². The molecule has 150 valence electrons. The molecule has 2 saturated heterocycles. The molecule has 4 rings (SSSR count). The lowest BCUT2D eigenvalue weighted by molar-refractivity contribution is -0.175. The molecule has 3 unspecified atom stereocenters. The fraction of sp³-hybridized carbons (Fsp3) is 0.318. The van der Waals surface area contributed by atoms with E-state index in [9.17, 15) is 14.4 Å². The Morgan fingerprint density at radius 3 is 2.28 bits per heavy atom. The second-order valence-electron chi connectivity index (χ2n) is 7.48. The summed E-state index contributed by atoms with van der Waals surface area (Å²) in [6.07, 6.45) is -0.104. The van der Waals surface area contributed by atoms with Crippen LogP contribution in [0.1, 0.15) is 29.7 Å². The van der Waals surface area contributed by atoms with Crippen molar-refractivity contribution in [1.29, 1.82) is 0 Å². The highest BCUT2D eigenvalue weighted by Crippen LogP contribution is 2.45. The molecule has 2 fully saturated rings. The van der Waals surface area contributed by atoms with Crippen LogP contribution in [0, 0.1) is 12.8 Å². The van der Waals surface area contributed by atoms with Crippen LogP contribution in [0.3, 0.4) is 0 Å². The Morgan fingerprint density at radius 2 is 1.69 bits per heavy atom. The van der Waals surface area contributed by atoms with Crippen molar-refractivity contribution in [1.82, 2.24) is 5.06 Å². The molecule has 2 aromatic carbocycles. The first kappa shape index (κ1) is 19.3. The summed E-state index contributed by atoms with van der Waals surface area (Å²) >= 11 is 0. The number of aryl methyl sites for hydroxylation is 2. The van der Waals surface area contributed by atoms with E-state index in [2.05, 4.69) is 0 Å². The molecule has 0 aliphatic carbocycles. The van der Waals surface area contributed by atoms with E-state index in [1.165, 1.54) is 9.96 Å². The fourth-order valence-corrected chi connectivity index (χ4v) is 4.03. The first-order chi connectivity index (χ1) is 13.9. The van der Waals surface area contributed by atoms with E-state index in [0.29, 0.717) is 5.69 Å². The van der Waals surface area contributed by atoms with Crippen LogP contribution in [-0.4, -0.2) is 35.4 Å². The lowest BCUT2D eigenvalue weighted by Gasteiger charge is -2.26. The van der Waals surface area contributed by atoms with Crippen LogP contribution >= 0.6 is 0 Å². The zero-order valence-electron chi connectivity index (χ0n) is 16.4. The Labute approximate surface area is 169 Å². The van der Waals surface area contributed by atoms with Crippen LogP contribution in [-0.2, 0) is 25.6 Å². The molecule has 2 N–H and O–H groups in total. The van der Waals surface area contributed by atoms with Crippen LogP contribution in [0.25, 0.3) is 0 Å². The number of carbonyl (C=O) groups is 3. The molecule has 2 aliphatic heterocycles. The van der Waals surface area contributed by atoms with Crippen molar-refractivity contribution in [2.45, 2.75) is 32.4 Å². The number of primary amides is 1. The molecule has 7 heteroatoms. The SMILES string of the molecule is CCc1ccc(N2C(=O)C3ON(CC(N)=O)C(c4ccc(C)cc4)C3C2=O)cc1. The monoisotopic (exact) mass is 393 g/mol. The maximum Gasteiger partial charge on any atom is 0.265 e. The largest absolute Gasteiger partial charge is 0.368 e. The molecule has 2 aromatic rings.